The molecule has 0 saturated carbocycles. The molecular weight excluding hydrogens is 400 g/mol. The maximum absolute atomic E-state index is 12.8. The first-order valence-corrected chi connectivity index (χ1v) is 11.9. The third-order valence-electron chi connectivity index (χ3n) is 7.74. The van der Waals surface area contributed by atoms with Crippen molar-refractivity contribution in [2.75, 3.05) is 45.2 Å². The van der Waals surface area contributed by atoms with E-state index in [0.717, 1.165) is 52.0 Å². The van der Waals surface area contributed by atoms with Gasteiger partial charge in [-0.25, -0.2) is 0 Å². The normalized spacial score (nSPS) is 23.7. The van der Waals surface area contributed by atoms with Gasteiger partial charge in [-0.3, -0.25) is 14.5 Å². The second kappa shape index (κ2) is 8.39. The zero-order valence-electron chi connectivity index (χ0n) is 19.5. The number of likely N-dealkylation sites (tertiary alicyclic amines) is 2. The molecule has 4 heterocycles. The summed E-state index contributed by atoms with van der Waals surface area (Å²) in [5.74, 6) is 1.10. The van der Waals surface area contributed by atoms with Gasteiger partial charge in [-0.2, -0.15) is 0 Å². The molecule has 2 aromatic rings. The van der Waals surface area contributed by atoms with E-state index in [1.807, 2.05) is 11.0 Å². The number of amides is 1. The molecule has 2 bridgehead atoms. The highest BCUT2D eigenvalue weighted by molar-refractivity contribution is 5.73. The molecule has 3 aliphatic heterocycles. The average Bonchev–Trinajstić information content (AvgIpc) is 2.80. The monoisotopic (exact) mass is 434 g/mol. The van der Waals surface area contributed by atoms with Crippen LogP contribution in [0.3, 0.4) is 0 Å². The van der Waals surface area contributed by atoms with E-state index in [1.54, 1.807) is 13.0 Å². The van der Waals surface area contributed by atoms with E-state index in [4.69, 9.17) is 0 Å². The van der Waals surface area contributed by atoms with Gasteiger partial charge in [-0.05, 0) is 48.9 Å². The molecule has 0 aliphatic carbocycles. The molecule has 6 nitrogen and oxygen atoms in total. The number of carbonyl (C=O) groups excluding carboxylic acids is 1. The Balaban J connectivity index is 1.43. The smallest absolute Gasteiger partial charge is 0.250 e. The predicted octanol–water partition coefficient (Wildman–Crippen LogP) is 3.01. The summed E-state index contributed by atoms with van der Waals surface area (Å²) in [5.41, 5.74) is 4.91. The fraction of sp³-hybridized carbons (Fsp3) is 0.538. The molecule has 3 aliphatic rings. The molecule has 32 heavy (non-hydrogen) atoms. The molecule has 0 unspecified atom stereocenters. The lowest BCUT2D eigenvalue weighted by Gasteiger charge is -2.48. The molecule has 2 atom stereocenters. The predicted molar refractivity (Wildman–Crippen MR) is 128 cm³/mol. The van der Waals surface area contributed by atoms with Crippen molar-refractivity contribution in [3.63, 3.8) is 0 Å². The number of aromatic nitrogens is 1. The number of carbonyl (C=O) groups is 1. The Morgan fingerprint density at radius 3 is 2.34 bits per heavy atom. The molecule has 5 rings (SSSR count). The van der Waals surface area contributed by atoms with E-state index in [9.17, 15) is 9.59 Å². The van der Waals surface area contributed by atoms with Crippen LogP contribution in [0.15, 0.2) is 41.2 Å². The molecular formula is C26H34N4O2. The quantitative estimate of drug-likeness (QED) is 0.745. The molecule has 0 spiro atoms. The number of rotatable bonds is 3. The molecule has 2 saturated heterocycles. The SMILES string of the molecule is CC(=O)N1CCC(N2C[C@@H]3C[C@H](C2)c2c(-c4ccc(N(C)C)cc4)ccc(=O)n2C3)CC1. The van der Waals surface area contributed by atoms with Crippen LogP contribution in [-0.2, 0) is 11.3 Å². The minimum absolute atomic E-state index is 0.131. The number of benzene rings is 1. The van der Waals surface area contributed by atoms with Crippen molar-refractivity contribution in [2.24, 2.45) is 5.92 Å². The number of pyridine rings is 1. The first kappa shape index (κ1) is 21.3. The van der Waals surface area contributed by atoms with Crippen molar-refractivity contribution < 1.29 is 4.79 Å². The van der Waals surface area contributed by atoms with E-state index in [2.05, 4.69) is 52.7 Å². The van der Waals surface area contributed by atoms with E-state index in [1.165, 1.54) is 22.5 Å². The summed E-state index contributed by atoms with van der Waals surface area (Å²) in [4.78, 5) is 31.3. The van der Waals surface area contributed by atoms with Crippen molar-refractivity contribution >= 4 is 11.6 Å². The molecule has 1 aromatic carbocycles. The molecule has 2 fully saturated rings. The van der Waals surface area contributed by atoms with Gasteiger partial charge in [0, 0.05) is 88.7 Å². The maximum atomic E-state index is 12.8. The van der Waals surface area contributed by atoms with Crippen LogP contribution in [0.1, 0.15) is 37.8 Å². The Morgan fingerprint density at radius 1 is 0.969 bits per heavy atom. The van der Waals surface area contributed by atoms with E-state index in [0.29, 0.717) is 17.9 Å². The Labute approximate surface area is 190 Å². The number of hydrogen-bond acceptors (Lipinski definition) is 4. The van der Waals surface area contributed by atoms with Crippen LogP contribution in [0.4, 0.5) is 5.69 Å². The molecule has 170 valence electrons. The van der Waals surface area contributed by atoms with E-state index in [-0.39, 0.29) is 11.5 Å². The first-order valence-electron chi connectivity index (χ1n) is 11.9. The van der Waals surface area contributed by atoms with E-state index >= 15 is 0 Å². The summed E-state index contributed by atoms with van der Waals surface area (Å²) < 4.78 is 2.06. The first-order chi connectivity index (χ1) is 15.4. The van der Waals surface area contributed by atoms with Crippen molar-refractivity contribution in [1.82, 2.24) is 14.4 Å². The van der Waals surface area contributed by atoms with Gasteiger partial charge in [-0.15, -0.1) is 0 Å². The lowest BCUT2D eigenvalue weighted by atomic mass is 9.79. The molecule has 0 N–H and O–H groups in total. The Kier molecular flexibility index (Phi) is 5.58. The zero-order chi connectivity index (χ0) is 22.4. The average molecular weight is 435 g/mol. The number of fused-ring (bicyclic) bond motifs is 4. The molecule has 0 radical (unpaired) electrons. The largest absolute Gasteiger partial charge is 0.378 e. The highest BCUT2D eigenvalue weighted by Crippen LogP contribution is 2.41. The number of nitrogens with zero attached hydrogens (tertiary/aromatic N) is 4. The van der Waals surface area contributed by atoms with Crippen LogP contribution >= 0.6 is 0 Å². The standard InChI is InChI=1S/C26H34N4O2/c1-18(31)28-12-10-23(11-13-28)29-15-19-14-21(17-29)26-24(8-9-25(32)30(26)16-19)20-4-6-22(7-5-20)27(2)3/h4-9,19,21,23H,10-17H2,1-3H3/t19-,21+/m0/s1. The van der Waals surface area contributed by atoms with Crippen molar-refractivity contribution in [3.05, 3.63) is 52.4 Å². The van der Waals surface area contributed by atoms with Crippen LogP contribution in [-0.4, -0.2) is 66.6 Å². The van der Waals surface area contributed by atoms with Gasteiger partial charge in [0.15, 0.2) is 0 Å². The molecule has 6 heteroatoms. The topological polar surface area (TPSA) is 48.8 Å². The molecule has 1 aromatic heterocycles. The summed E-state index contributed by atoms with van der Waals surface area (Å²) in [5, 5.41) is 0. The molecule has 1 amide bonds. The van der Waals surface area contributed by atoms with Crippen LogP contribution in [0.25, 0.3) is 11.1 Å². The minimum Gasteiger partial charge on any atom is -0.378 e. The van der Waals surface area contributed by atoms with Crippen molar-refractivity contribution in [2.45, 2.75) is 44.7 Å². The maximum Gasteiger partial charge on any atom is 0.250 e. The second-order valence-corrected chi connectivity index (χ2v) is 10.0. The summed E-state index contributed by atoms with van der Waals surface area (Å²) in [6.07, 6.45) is 3.27. The van der Waals surface area contributed by atoms with Crippen LogP contribution in [0.2, 0.25) is 0 Å². The number of hydrogen-bond donors (Lipinski definition) is 0. The highest BCUT2D eigenvalue weighted by atomic mass is 16.2. The number of anilines is 1. The fourth-order valence-corrected chi connectivity index (χ4v) is 6.08. The summed E-state index contributed by atoms with van der Waals surface area (Å²) in [7, 11) is 4.10. The zero-order valence-corrected chi connectivity index (χ0v) is 19.5. The summed E-state index contributed by atoms with van der Waals surface area (Å²) in [6.45, 7) is 6.29. The Bertz CT molecular complexity index is 1050. The van der Waals surface area contributed by atoms with Gasteiger partial charge in [0.2, 0.25) is 5.91 Å². The second-order valence-electron chi connectivity index (χ2n) is 10.0. The minimum atomic E-state index is 0.131. The van der Waals surface area contributed by atoms with Crippen LogP contribution < -0.4 is 10.5 Å². The summed E-state index contributed by atoms with van der Waals surface area (Å²) >= 11 is 0. The Hall–Kier alpha value is -2.60. The third-order valence-corrected chi connectivity index (χ3v) is 7.74. The lowest BCUT2D eigenvalue weighted by molar-refractivity contribution is -0.130. The lowest BCUT2D eigenvalue weighted by Crippen LogP contribution is -2.53. The van der Waals surface area contributed by atoms with E-state index < -0.39 is 0 Å². The van der Waals surface area contributed by atoms with Gasteiger partial charge in [-0.1, -0.05) is 12.1 Å². The van der Waals surface area contributed by atoms with Crippen LogP contribution in [0, 0.1) is 5.92 Å². The van der Waals surface area contributed by atoms with Crippen molar-refractivity contribution in [1.29, 1.82) is 0 Å². The Morgan fingerprint density at radius 2 is 1.69 bits per heavy atom. The van der Waals surface area contributed by atoms with Gasteiger partial charge in [0.1, 0.15) is 0 Å². The van der Waals surface area contributed by atoms with Crippen LogP contribution in [0.5, 0.6) is 0 Å². The van der Waals surface area contributed by atoms with Crippen molar-refractivity contribution in [3.8, 4) is 11.1 Å². The third kappa shape index (κ3) is 3.85. The van der Waals surface area contributed by atoms with Gasteiger partial charge in [0.05, 0.1) is 0 Å². The van der Waals surface area contributed by atoms with Gasteiger partial charge >= 0.3 is 0 Å². The number of piperidine rings is 2. The van der Waals surface area contributed by atoms with Gasteiger partial charge < -0.3 is 14.4 Å². The summed E-state index contributed by atoms with van der Waals surface area (Å²) in [6, 6.07) is 13.0. The highest BCUT2D eigenvalue weighted by Gasteiger charge is 2.39. The fourth-order valence-electron chi connectivity index (χ4n) is 6.08. The van der Waals surface area contributed by atoms with Gasteiger partial charge in [0.25, 0.3) is 5.56 Å².